The van der Waals surface area contributed by atoms with Crippen LogP contribution in [0.25, 0.3) is 11.3 Å². The van der Waals surface area contributed by atoms with E-state index in [1.54, 1.807) is 0 Å². The maximum absolute atomic E-state index is 4.90. The topological polar surface area (TPSA) is 17.8 Å². The molecule has 1 aromatic heterocycles. The van der Waals surface area contributed by atoms with Gasteiger partial charge in [0.25, 0.3) is 0 Å². The smallest absolute Gasteiger partial charge is 0.103 e. The van der Waals surface area contributed by atoms with Crippen molar-refractivity contribution in [3.8, 4) is 11.3 Å². The van der Waals surface area contributed by atoms with E-state index in [9.17, 15) is 0 Å². The molecule has 0 unspecified atom stereocenters. The monoisotopic (exact) mass is 386 g/mol. The lowest BCUT2D eigenvalue weighted by Gasteiger charge is -2.14. The number of nitrogens with zero attached hydrogens (tertiary/aromatic N) is 2. The average molecular weight is 386 g/mol. The summed E-state index contributed by atoms with van der Waals surface area (Å²) in [6.45, 7) is 0.842. The van der Waals surface area contributed by atoms with E-state index >= 15 is 0 Å². The molecule has 2 aromatic carbocycles. The number of halogens is 1. The van der Waals surface area contributed by atoms with Crippen molar-refractivity contribution in [1.82, 2.24) is 9.78 Å². The molecule has 0 aliphatic heterocycles. The molecule has 1 aliphatic carbocycles. The highest BCUT2D eigenvalue weighted by molar-refractivity contribution is 14.1. The lowest BCUT2D eigenvalue weighted by Crippen LogP contribution is -2.04. The van der Waals surface area contributed by atoms with Gasteiger partial charge >= 0.3 is 0 Å². The van der Waals surface area contributed by atoms with Gasteiger partial charge in [-0.15, -0.1) is 0 Å². The molecule has 0 radical (unpaired) electrons. The van der Waals surface area contributed by atoms with E-state index in [2.05, 4.69) is 81.9 Å². The Balaban J connectivity index is 1.78. The summed E-state index contributed by atoms with van der Waals surface area (Å²) in [4.78, 5) is 0. The lowest BCUT2D eigenvalue weighted by atomic mass is 9.91. The first-order valence-electron chi connectivity index (χ1n) is 7.20. The van der Waals surface area contributed by atoms with Crippen molar-refractivity contribution in [2.75, 3.05) is 0 Å². The number of rotatable bonds is 2. The van der Waals surface area contributed by atoms with Crippen LogP contribution >= 0.6 is 22.6 Å². The highest BCUT2D eigenvalue weighted by Gasteiger charge is 2.23. The zero-order valence-electron chi connectivity index (χ0n) is 11.6. The molecule has 104 valence electrons. The van der Waals surface area contributed by atoms with Crippen molar-refractivity contribution in [2.45, 2.75) is 19.4 Å². The van der Waals surface area contributed by atoms with Crippen LogP contribution in [-0.4, -0.2) is 9.78 Å². The standard InChI is InChI=1S/C18H15IN2/c19-18-16-11-10-14-8-4-5-9-15(14)17(16)20-21(18)12-13-6-2-1-3-7-13/h1-9H,10-12H2. The molecule has 1 heterocycles. The Hall–Kier alpha value is -1.62. The van der Waals surface area contributed by atoms with Gasteiger partial charge in [-0.3, -0.25) is 4.68 Å². The summed E-state index contributed by atoms with van der Waals surface area (Å²) in [7, 11) is 0. The molecule has 3 aromatic rings. The Morgan fingerprint density at radius 2 is 1.71 bits per heavy atom. The van der Waals surface area contributed by atoms with Crippen LogP contribution in [0.3, 0.4) is 0 Å². The first-order chi connectivity index (χ1) is 10.3. The van der Waals surface area contributed by atoms with Crippen molar-refractivity contribution in [3.05, 3.63) is 75.0 Å². The molecule has 1 aliphatic rings. The predicted octanol–water partition coefficient (Wildman–Crippen LogP) is 4.30. The molecule has 3 heteroatoms. The number of fused-ring (bicyclic) bond motifs is 3. The molecule has 0 bridgehead atoms. The summed E-state index contributed by atoms with van der Waals surface area (Å²) in [6.07, 6.45) is 2.22. The van der Waals surface area contributed by atoms with Gasteiger partial charge in [-0.05, 0) is 46.6 Å². The molecule has 0 saturated heterocycles. The summed E-state index contributed by atoms with van der Waals surface area (Å²) in [5.41, 5.74) is 6.61. The number of benzene rings is 2. The summed E-state index contributed by atoms with van der Waals surface area (Å²) >= 11 is 2.45. The van der Waals surface area contributed by atoms with Crippen LogP contribution in [-0.2, 0) is 19.4 Å². The van der Waals surface area contributed by atoms with Crippen molar-refractivity contribution < 1.29 is 0 Å². The lowest BCUT2D eigenvalue weighted by molar-refractivity contribution is 0.671. The molecule has 0 fully saturated rings. The fourth-order valence-electron chi connectivity index (χ4n) is 3.01. The molecule has 0 saturated carbocycles. The molecule has 4 rings (SSSR count). The van der Waals surface area contributed by atoms with Gasteiger partial charge in [-0.1, -0.05) is 54.6 Å². The van der Waals surface area contributed by atoms with Gasteiger partial charge in [0.1, 0.15) is 3.70 Å². The third kappa shape index (κ3) is 2.29. The Morgan fingerprint density at radius 3 is 2.57 bits per heavy atom. The summed E-state index contributed by atoms with van der Waals surface area (Å²) in [5, 5.41) is 4.90. The number of aryl methyl sites for hydroxylation is 1. The minimum absolute atomic E-state index is 0.842. The van der Waals surface area contributed by atoms with Crippen molar-refractivity contribution in [3.63, 3.8) is 0 Å². The van der Waals surface area contributed by atoms with Crippen LogP contribution in [0.2, 0.25) is 0 Å². The van der Waals surface area contributed by atoms with E-state index in [1.165, 1.54) is 31.6 Å². The van der Waals surface area contributed by atoms with E-state index in [0.29, 0.717) is 0 Å². The molecular weight excluding hydrogens is 371 g/mol. The minimum Gasteiger partial charge on any atom is -0.254 e. The second-order valence-electron chi connectivity index (χ2n) is 5.42. The zero-order chi connectivity index (χ0) is 14.2. The Labute approximate surface area is 138 Å². The van der Waals surface area contributed by atoms with Gasteiger partial charge in [0.15, 0.2) is 0 Å². The number of hydrogen-bond acceptors (Lipinski definition) is 1. The van der Waals surface area contributed by atoms with Gasteiger partial charge in [0.2, 0.25) is 0 Å². The summed E-state index contributed by atoms with van der Waals surface area (Å²) < 4.78 is 3.42. The quantitative estimate of drug-likeness (QED) is 0.601. The Kier molecular flexibility index (Phi) is 3.30. The maximum Gasteiger partial charge on any atom is 0.103 e. The number of aromatic nitrogens is 2. The molecule has 0 amide bonds. The van der Waals surface area contributed by atoms with E-state index in [0.717, 1.165) is 19.4 Å². The Morgan fingerprint density at radius 1 is 0.952 bits per heavy atom. The highest BCUT2D eigenvalue weighted by Crippen LogP contribution is 2.35. The second-order valence-corrected chi connectivity index (χ2v) is 6.44. The van der Waals surface area contributed by atoms with Crippen molar-refractivity contribution in [1.29, 1.82) is 0 Å². The average Bonchev–Trinajstić information content (AvgIpc) is 2.85. The SMILES string of the molecule is Ic1c2c(nn1Cc1ccccc1)-c1ccccc1CC2. The van der Waals surface area contributed by atoms with Crippen LogP contribution in [0.4, 0.5) is 0 Å². The first-order valence-corrected chi connectivity index (χ1v) is 8.28. The largest absolute Gasteiger partial charge is 0.254 e. The molecule has 0 N–H and O–H groups in total. The second kappa shape index (κ2) is 5.30. The van der Waals surface area contributed by atoms with Gasteiger partial charge in [0, 0.05) is 11.1 Å². The molecule has 21 heavy (non-hydrogen) atoms. The molecular formula is C18H15IN2. The highest BCUT2D eigenvalue weighted by atomic mass is 127. The van der Waals surface area contributed by atoms with Crippen LogP contribution < -0.4 is 0 Å². The summed E-state index contributed by atoms with van der Waals surface area (Å²) in [6, 6.07) is 19.2. The molecule has 0 spiro atoms. The van der Waals surface area contributed by atoms with Crippen LogP contribution in [0, 0.1) is 3.70 Å². The van der Waals surface area contributed by atoms with E-state index < -0.39 is 0 Å². The number of hydrogen-bond donors (Lipinski definition) is 0. The van der Waals surface area contributed by atoms with Gasteiger partial charge in [0.05, 0.1) is 12.2 Å². The fraction of sp³-hybridized carbons (Fsp3) is 0.167. The first kappa shape index (κ1) is 13.1. The third-order valence-electron chi connectivity index (χ3n) is 4.07. The zero-order valence-corrected chi connectivity index (χ0v) is 13.7. The molecule has 2 nitrogen and oxygen atoms in total. The van der Waals surface area contributed by atoms with Crippen LogP contribution in [0.5, 0.6) is 0 Å². The molecule has 0 atom stereocenters. The van der Waals surface area contributed by atoms with Crippen molar-refractivity contribution >= 4 is 22.6 Å². The normalized spacial score (nSPS) is 12.8. The predicted molar refractivity (Wildman–Crippen MR) is 93.3 cm³/mol. The van der Waals surface area contributed by atoms with Crippen LogP contribution in [0.1, 0.15) is 16.7 Å². The van der Waals surface area contributed by atoms with Gasteiger partial charge in [-0.2, -0.15) is 5.10 Å². The summed E-state index contributed by atoms with van der Waals surface area (Å²) in [5.74, 6) is 0. The maximum atomic E-state index is 4.90. The van der Waals surface area contributed by atoms with Crippen molar-refractivity contribution in [2.24, 2.45) is 0 Å². The van der Waals surface area contributed by atoms with E-state index in [-0.39, 0.29) is 0 Å². The van der Waals surface area contributed by atoms with E-state index in [1.807, 2.05) is 0 Å². The van der Waals surface area contributed by atoms with Crippen LogP contribution in [0.15, 0.2) is 54.6 Å². The van der Waals surface area contributed by atoms with Gasteiger partial charge in [-0.25, -0.2) is 0 Å². The van der Waals surface area contributed by atoms with Gasteiger partial charge < -0.3 is 0 Å². The minimum atomic E-state index is 0.842. The third-order valence-corrected chi connectivity index (χ3v) is 5.28. The Bertz CT molecular complexity index is 790. The van der Waals surface area contributed by atoms with E-state index in [4.69, 9.17) is 5.10 Å². The fourth-order valence-corrected chi connectivity index (χ4v) is 3.81.